The first kappa shape index (κ1) is 40.0. The maximum Gasteiger partial charge on any atom is 0.332 e. The standard InChI is InChI=1S/C32H47FN2O15/c1-20-15-24-23-7-6-21-16-22(36)8-9-29(21,2)31(23,33)25(37)17-30(24,3)32(20,50-27(39)5-4-10-48-34(41)42)26(38)18-47-28(40)19-46-12-11-45-13-14-49-35(43)44/h8-9,16,20,23-25,37,41-44H,4-7,10-15,17-19H2,1-3H3/t20-,23?,24?,25-,29-,30-,31-,32-/m0/s1. The predicted octanol–water partition coefficient (Wildman–Crippen LogP) is 1.83. The van der Waals surface area contributed by atoms with Crippen LogP contribution in [0.15, 0.2) is 23.8 Å². The number of carbonyl (C=O) groups excluding carboxylic acids is 4. The number of ether oxygens (including phenoxy) is 4. The van der Waals surface area contributed by atoms with Crippen molar-refractivity contribution in [3.8, 4) is 0 Å². The normalized spacial score (nSPS) is 34.6. The van der Waals surface area contributed by atoms with Gasteiger partial charge >= 0.3 is 11.9 Å². The van der Waals surface area contributed by atoms with Gasteiger partial charge < -0.3 is 24.1 Å². The molecule has 17 nitrogen and oxygen atoms in total. The number of rotatable bonds is 18. The lowest BCUT2D eigenvalue weighted by Gasteiger charge is -2.62. The summed E-state index contributed by atoms with van der Waals surface area (Å²) in [7, 11) is 0. The van der Waals surface area contributed by atoms with Crippen LogP contribution in [0.1, 0.15) is 59.3 Å². The van der Waals surface area contributed by atoms with Crippen LogP contribution in [-0.2, 0) is 47.8 Å². The molecule has 3 fully saturated rings. The SMILES string of the molecule is C[C@H]1CC2C3CCC4=CC(=O)C=C[C@]4(C)[C@@]3(F)[C@@H](O)C[C@]2(C)[C@@]1(OC(=O)CCCON(O)O)C(=O)COC(=O)COCCOCCON(O)O. The third kappa shape index (κ3) is 7.70. The van der Waals surface area contributed by atoms with Gasteiger partial charge in [0.15, 0.2) is 23.7 Å². The molecule has 0 aromatic heterocycles. The lowest BCUT2D eigenvalue weighted by atomic mass is 9.44. The summed E-state index contributed by atoms with van der Waals surface area (Å²) in [6.45, 7) is 3.27. The van der Waals surface area contributed by atoms with Crippen LogP contribution in [0.2, 0.25) is 0 Å². The van der Waals surface area contributed by atoms with E-state index in [9.17, 15) is 24.3 Å². The molecule has 0 aromatic rings. The highest BCUT2D eigenvalue weighted by atomic mass is 19.1. The van der Waals surface area contributed by atoms with Crippen molar-refractivity contribution in [2.45, 2.75) is 76.7 Å². The van der Waals surface area contributed by atoms with Crippen LogP contribution in [0, 0.1) is 28.6 Å². The van der Waals surface area contributed by atoms with Crippen molar-refractivity contribution in [1.82, 2.24) is 10.8 Å². The zero-order valence-electron chi connectivity index (χ0n) is 28.3. The maximum atomic E-state index is 17.7. The smallest absolute Gasteiger partial charge is 0.332 e. The summed E-state index contributed by atoms with van der Waals surface area (Å²) in [6.07, 6.45) is 2.96. The summed E-state index contributed by atoms with van der Waals surface area (Å²) in [5, 5.41) is 45.3. The number of esters is 2. The Labute approximate surface area is 287 Å². The Morgan fingerprint density at radius 3 is 2.30 bits per heavy atom. The molecule has 0 aliphatic heterocycles. The van der Waals surface area contributed by atoms with Crippen LogP contribution in [0.5, 0.6) is 0 Å². The lowest BCUT2D eigenvalue weighted by Crippen LogP contribution is -2.70. The Hall–Kier alpha value is -2.75. The molecule has 0 spiro atoms. The molecule has 0 saturated heterocycles. The molecular weight excluding hydrogens is 671 g/mol. The Kier molecular flexibility index (Phi) is 13.0. The number of ketones is 2. The fourth-order valence-corrected chi connectivity index (χ4v) is 8.84. The number of aliphatic hydroxyl groups excluding tert-OH is 1. The van der Waals surface area contributed by atoms with Crippen LogP contribution < -0.4 is 0 Å². The number of halogens is 1. The fourth-order valence-electron chi connectivity index (χ4n) is 8.84. The minimum Gasteiger partial charge on any atom is -0.456 e. The average molecular weight is 719 g/mol. The molecule has 0 amide bonds. The van der Waals surface area contributed by atoms with Gasteiger partial charge in [-0.25, -0.2) is 14.0 Å². The first-order valence-electron chi connectivity index (χ1n) is 16.5. The molecule has 2 unspecified atom stereocenters. The number of hydrogen-bond acceptors (Lipinski definition) is 17. The number of allylic oxidation sites excluding steroid dienone is 4. The van der Waals surface area contributed by atoms with Crippen LogP contribution in [0.3, 0.4) is 0 Å². The summed E-state index contributed by atoms with van der Waals surface area (Å²) < 4.78 is 39.4. The van der Waals surface area contributed by atoms with E-state index in [0.717, 1.165) is 0 Å². The van der Waals surface area contributed by atoms with E-state index in [1.807, 2.05) is 0 Å². The van der Waals surface area contributed by atoms with Crippen molar-refractivity contribution >= 4 is 23.5 Å². The largest absolute Gasteiger partial charge is 0.456 e. The van der Waals surface area contributed by atoms with Crippen LogP contribution in [-0.4, -0.2) is 124 Å². The molecule has 18 heteroatoms. The lowest BCUT2D eigenvalue weighted by molar-refractivity contribution is -0.493. The second-order valence-electron chi connectivity index (χ2n) is 13.6. The molecule has 282 valence electrons. The van der Waals surface area contributed by atoms with Gasteiger partial charge in [-0.05, 0) is 57.1 Å². The molecule has 0 radical (unpaired) electrons. The summed E-state index contributed by atoms with van der Waals surface area (Å²) in [6, 6.07) is 0. The molecule has 8 atom stereocenters. The van der Waals surface area contributed by atoms with Gasteiger partial charge in [-0.1, -0.05) is 25.5 Å². The summed E-state index contributed by atoms with van der Waals surface area (Å²) in [5.74, 6) is -4.77. The van der Waals surface area contributed by atoms with Gasteiger partial charge in [-0.2, -0.15) is 0 Å². The first-order chi connectivity index (χ1) is 23.5. The van der Waals surface area contributed by atoms with Crippen molar-refractivity contribution in [3.63, 3.8) is 0 Å². The van der Waals surface area contributed by atoms with E-state index >= 15 is 4.39 Å². The van der Waals surface area contributed by atoms with Crippen LogP contribution in [0.4, 0.5) is 4.39 Å². The van der Waals surface area contributed by atoms with Gasteiger partial charge in [0.2, 0.25) is 5.78 Å². The number of fused-ring (bicyclic) bond motifs is 5. The minimum absolute atomic E-state index is 0.000422. The fraction of sp³-hybridized carbons (Fsp3) is 0.750. The number of aliphatic hydroxyl groups is 1. The molecule has 50 heavy (non-hydrogen) atoms. The Morgan fingerprint density at radius 2 is 1.60 bits per heavy atom. The van der Waals surface area contributed by atoms with E-state index in [2.05, 4.69) is 9.68 Å². The molecule has 0 bridgehead atoms. The first-order valence-corrected chi connectivity index (χ1v) is 16.5. The molecule has 3 saturated carbocycles. The number of carbonyl (C=O) groups is 4. The van der Waals surface area contributed by atoms with E-state index in [1.54, 1.807) is 20.8 Å². The molecule has 5 N–H and O–H groups in total. The predicted molar refractivity (Wildman–Crippen MR) is 161 cm³/mol. The van der Waals surface area contributed by atoms with Crippen LogP contribution in [0.25, 0.3) is 0 Å². The van der Waals surface area contributed by atoms with Gasteiger partial charge in [-0.15, -0.1) is 0 Å². The van der Waals surface area contributed by atoms with Crippen molar-refractivity contribution < 1.29 is 78.1 Å². The Morgan fingerprint density at radius 1 is 0.940 bits per heavy atom. The van der Waals surface area contributed by atoms with Gasteiger partial charge in [0.1, 0.15) is 6.61 Å². The molecule has 4 rings (SSSR count). The average Bonchev–Trinajstić information content (AvgIpc) is 3.26. The zero-order valence-corrected chi connectivity index (χ0v) is 28.3. The van der Waals surface area contributed by atoms with Gasteiger partial charge in [-0.3, -0.25) is 40.1 Å². The maximum absolute atomic E-state index is 17.7. The second-order valence-corrected chi connectivity index (χ2v) is 13.6. The highest BCUT2D eigenvalue weighted by Crippen LogP contribution is 2.71. The van der Waals surface area contributed by atoms with E-state index < -0.39 is 87.7 Å². The number of hydrogen-bond donors (Lipinski definition) is 5. The van der Waals surface area contributed by atoms with Crippen molar-refractivity contribution in [3.05, 3.63) is 23.8 Å². The highest BCUT2D eigenvalue weighted by molar-refractivity contribution is 6.01. The highest BCUT2D eigenvalue weighted by Gasteiger charge is 2.77. The zero-order chi connectivity index (χ0) is 36.9. The van der Waals surface area contributed by atoms with Crippen LogP contribution >= 0.6 is 0 Å². The molecule has 4 aliphatic carbocycles. The van der Waals surface area contributed by atoms with E-state index in [4.69, 9.17) is 39.8 Å². The summed E-state index contributed by atoms with van der Waals surface area (Å²) in [4.78, 5) is 61.2. The van der Waals surface area contributed by atoms with E-state index in [1.165, 1.54) is 18.2 Å². The van der Waals surface area contributed by atoms with E-state index in [-0.39, 0.29) is 70.9 Å². The van der Waals surface area contributed by atoms with Crippen molar-refractivity contribution in [1.29, 1.82) is 0 Å². The molecule has 4 aliphatic rings. The van der Waals surface area contributed by atoms with Crippen molar-refractivity contribution in [2.75, 3.05) is 46.2 Å². The number of nitrogens with zero attached hydrogens (tertiary/aromatic N) is 2. The molecule has 0 aromatic carbocycles. The number of alkyl halides is 1. The summed E-state index contributed by atoms with van der Waals surface area (Å²) >= 11 is 0. The monoisotopic (exact) mass is 718 g/mol. The van der Waals surface area contributed by atoms with Gasteiger partial charge in [0.05, 0.1) is 49.9 Å². The third-order valence-electron chi connectivity index (χ3n) is 11.0. The van der Waals surface area contributed by atoms with E-state index in [0.29, 0.717) is 12.0 Å². The van der Waals surface area contributed by atoms with Gasteiger partial charge in [0, 0.05) is 29.1 Å². The molecular formula is C32H47FN2O15. The Balaban J connectivity index is 1.52. The third-order valence-corrected chi connectivity index (χ3v) is 11.0. The summed E-state index contributed by atoms with van der Waals surface area (Å²) in [5.41, 5.74) is -6.13. The minimum atomic E-state index is -2.20. The number of Topliss-reactive ketones (excluding diaryl/α,β-unsaturated/α-hetero) is 1. The van der Waals surface area contributed by atoms with Crippen molar-refractivity contribution in [2.24, 2.45) is 28.6 Å². The quantitative estimate of drug-likeness (QED) is 0.0773. The second kappa shape index (κ2) is 16.3. The Bertz CT molecular complexity index is 1330. The topological polar surface area (TPSA) is 231 Å². The molecule has 0 heterocycles. The van der Waals surface area contributed by atoms with Gasteiger partial charge in [0.25, 0.3) is 0 Å².